The molecular formula is C15H23NO2. The molecule has 0 saturated carbocycles. The van der Waals surface area contributed by atoms with Crippen molar-refractivity contribution in [2.45, 2.75) is 13.5 Å². The molecule has 0 aromatic heterocycles. The van der Waals surface area contributed by atoms with E-state index in [0.29, 0.717) is 18.6 Å². The van der Waals surface area contributed by atoms with Gasteiger partial charge in [0, 0.05) is 26.7 Å². The Bertz CT molecular complexity index is 342. The second kappa shape index (κ2) is 6.88. The van der Waals surface area contributed by atoms with Crippen LogP contribution >= 0.6 is 0 Å². The van der Waals surface area contributed by atoms with Crippen LogP contribution in [0.2, 0.25) is 0 Å². The summed E-state index contributed by atoms with van der Waals surface area (Å²) in [6.45, 7) is 6.86. The molecule has 0 spiro atoms. The summed E-state index contributed by atoms with van der Waals surface area (Å²) >= 11 is 0. The quantitative estimate of drug-likeness (QED) is 0.571. The Morgan fingerprint density at radius 1 is 1.22 bits per heavy atom. The van der Waals surface area contributed by atoms with E-state index >= 15 is 0 Å². The van der Waals surface area contributed by atoms with Crippen LogP contribution in [0.3, 0.4) is 0 Å². The Labute approximate surface area is 110 Å². The topological polar surface area (TPSA) is 21.7 Å². The zero-order valence-corrected chi connectivity index (χ0v) is 11.3. The predicted molar refractivity (Wildman–Crippen MR) is 72.2 cm³/mol. The minimum atomic E-state index is 0.405. The molecule has 2 atom stereocenters. The van der Waals surface area contributed by atoms with Crippen LogP contribution in [0.25, 0.3) is 0 Å². The van der Waals surface area contributed by atoms with E-state index in [1.165, 1.54) is 5.56 Å². The molecular weight excluding hydrogens is 226 g/mol. The lowest BCUT2D eigenvalue weighted by Crippen LogP contribution is -2.21. The van der Waals surface area contributed by atoms with Crippen LogP contribution < -0.4 is 0 Å². The highest BCUT2D eigenvalue weighted by Gasteiger charge is 2.29. The third-order valence-electron chi connectivity index (χ3n) is 3.63. The molecule has 3 nitrogen and oxygen atoms in total. The number of nitrogens with zero attached hydrogens (tertiary/aromatic N) is 1. The van der Waals surface area contributed by atoms with Crippen molar-refractivity contribution in [3.63, 3.8) is 0 Å². The Hall–Kier alpha value is -0.900. The van der Waals surface area contributed by atoms with Crippen LogP contribution in [-0.4, -0.2) is 38.5 Å². The first-order valence-corrected chi connectivity index (χ1v) is 6.62. The highest BCUT2D eigenvalue weighted by atomic mass is 16.7. The van der Waals surface area contributed by atoms with Crippen LogP contribution in [0.15, 0.2) is 30.3 Å². The van der Waals surface area contributed by atoms with Crippen LogP contribution in [0.1, 0.15) is 12.5 Å². The van der Waals surface area contributed by atoms with Crippen molar-refractivity contribution in [3.05, 3.63) is 35.9 Å². The van der Waals surface area contributed by atoms with Gasteiger partial charge < -0.3 is 9.47 Å². The van der Waals surface area contributed by atoms with E-state index in [1.807, 2.05) is 0 Å². The maximum Gasteiger partial charge on any atom is 0.146 e. The standard InChI is InChI=1S/C15H23NO2/c1-13-8-16(9-14-6-4-3-5-7-14)10-15(13)11-18-12-17-2/h3-7,13,15H,8-12H2,1-2H3. The number of ether oxygens (including phenoxy) is 2. The van der Waals surface area contributed by atoms with E-state index in [2.05, 4.69) is 42.2 Å². The van der Waals surface area contributed by atoms with Gasteiger partial charge in [0.15, 0.2) is 0 Å². The van der Waals surface area contributed by atoms with Gasteiger partial charge in [0.1, 0.15) is 6.79 Å². The fraction of sp³-hybridized carbons (Fsp3) is 0.600. The number of benzene rings is 1. The first kappa shape index (κ1) is 13.5. The first-order chi connectivity index (χ1) is 8.79. The van der Waals surface area contributed by atoms with Crippen LogP contribution in [0, 0.1) is 11.8 Å². The second-order valence-electron chi connectivity index (χ2n) is 5.19. The molecule has 0 bridgehead atoms. The zero-order chi connectivity index (χ0) is 12.8. The number of hydrogen-bond acceptors (Lipinski definition) is 3. The van der Waals surface area contributed by atoms with Crippen molar-refractivity contribution in [1.82, 2.24) is 4.90 Å². The Morgan fingerprint density at radius 2 is 2.00 bits per heavy atom. The number of methoxy groups -OCH3 is 1. The lowest BCUT2D eigenvalue weighted by Gasteiger charge is -2.16. The molecule has 1 aliphatic rings. The molecule has 1 aliphatic heterocycles. The molecule has 1 aromatic rings. The van der Waals surface area contributed by atoms with Gasteiger partial charge in [0.2, 0.25) is 0 Å². The van der Waals surface area contributed by atoms with Crippen molar-refractivity contribution in [2.24, 2.45) is 11.8 Å². The van der Waals surface area contributed by atoms with Gasteiger partial charge in [-0.25, -0.2) is 0 Å². The van der Waals surface area contributed by atoms with Gasteiger partial charge in [-0.1, -0.05) is 37.3 Å². The van der Waals surface area contributed by atoms with Gasteiger partial charge >= 0.3 is 0 Å². The van der Waals surface area contributed by atoms with Crippen LogP contribution in [0.4, 0.5) is 0 Å². The van der Waals surface area contributed by atoms with E-state index in [9.17, 15) is 0 Å². The monoisotopic (exact) mass is 249 g/mol. The molecule has 18 heavy (non-hydrogen) atoms. The van der Waals surface area contributed by atoms with Crippen LogP contribution in [0.5, 0.6) is 0 Å². The van der Waals surface area contributed by atoms with Gasteiger partial charge in [-0.15, -0.1) is 0 Å². The van der Waals surface area contributed by atoms with Crippen molar-refractivity contribution in [3.8, 4) is 0 Å². The summed E-state index contributed by atoms with van der Waals surface area (Å²) in [4.78, 5) is 2.51. The van der Waals surface area contributed by atoms with Gasteiger partial charge in [-0.3, -0.25) is 4.90 Å². The number of hydrogen-bond donors (Lipinski definition) is 0. The minimum absolute atomic E-state index is 0.405. The molecule has 1 saturated heterocycles. The fourth-order valence-corrected chi connectivity index (χ4v) is 2.61. The normalized spacial score (nSPS) is 24.6. The highest BCUT2D eigenvalue weighted by molar-refractivity contribution is 5.14. The Morgan fingerprint density at radius 3 is 2.72 bits per heavy atom. The average Bonchev–Trinajstić information content (AvgIpc) is 2.71. The molecule has 100 valence electrons. The molecule has 1 heterocycles. The van der Waals surface area contributed by atoms with E-state index in [0.717, 1.165) is 26.2 Å². The van der Waals surface area contributed by atoms with Gasteiger partial charge in [-0.05, 0) is 17.4 Å². The SMILES string of the molecule is COCOCC1CN(Cc2ccccc2)CC1C. The van der Waals surface area contributed by atoms with E-state index in [1.54, 1.807) is 7.11 Å². The van der Waals surface area contributed by atoms with Crippen LogP contribution in [-0.2, 0) is 16.0 Å². The third kappa shape index (κ3) is 3.80. The summed E-state index contributed by atoms with van der Waals surface area (Å²) in [5, 5.41) is 0. The molecule has 0 aliphatic carbocycles. The molecule has 2 rings (SSSR count). The van der Waals surface area contributed by atoms with Gasteiger partial charge in [0.25, 0.3) is 0 Å². The molecule has 2 unspecified atom stereocenters. The average molecular weight is 249 g/mol. The maximum atomic E-state index is 5.49. The lowest BCUT2D eigenvalue weighted by atomic mass is 10.00. The van der Waals surface area contributed by atoms with Crippen molar-refractivity contribution >= 4 is 0 Å². The van der Waals surface area contributed by atoms with Gasteiger partial charge in [-0.2, -0.15) is 0 Å². The van der Waals surface area contributed by atoms with Crippen molar-refractivity contribution < 1.29 is 9.47 Å². The van der Waals surface area contributed by atoms with Crippen molar-refractivity contribution in [1.29, 1.82) is 0 Å². The van der Waals surface area contributed by atoms with E-state index < -0.39 is 0 Å². The summed E-state index contributed by atoms with van der Waals surface area (Å²) in [6.07, 6.45) is 0. The minimum Gasteiger partial charge on any atom is -0.359 e. The summed E-state index contributed by atoms with van der Waals surface area (Å²) in [6, 6.07) is 10.7. The molecule has 3 heteroatoms. The van der Waals surface area contributed by atoms with Crippen molar-refractivity contribution in [2.75, 3.05) is 33.6 Å². The van der Waals surface area contributed by atoms with E-state index in [4.69, 9.17) is 9.47 Å². The number of likely N-dealkylation sites (tertiary alicyclic amines) is 1. The third-order valence-corrected chi connectivity index (χ3v) is 3.63. The largest absolute Gasteiger partial charge is 0.359 e. The van der Waals surface area contributed by atoms with E-state index in [-0.39, 0.29) is 0 Å². The maximum absolute atomic E-state index is 5.49. The lowest BCUT2D eigenvalue weighted by molar-refractivity contribution is -0.0455. The molecule has 0 radical (unpaired) electrons. The Kier molecular flexibility index (Phi) is 5.17. The van der Waals surface area contributed by atoms with Gasteiger partial charge in [0.05, 0.1) is 6.61 Å². The number of rotatable bonds is 6. The summed E-state index contributed by atoms with van der Waals surface area (Å²) in [5.74, 6) is 1.33. The second-order valence-corrected chi connectivity index (χ2v) is 5.19. The smallest absolute Gasteiger partial charge is 0.146 e. The predicted octanol–water partition coefficient (Wildman–Crippen LogP) is 2.38. The summed E-state index contributed by atoms with van der Waals surface area (Å²) < 4.78 is 10.4. The molecule has 0 N–H and O–H groups in total. The first-order valence-electron chi connectivity index (χ1n) is 6.62. The molecule has 0 amide bonds. The molecule has 1 aromatic carbocycles. The Balaban J connectivity index is 1.79. The zero-order valence-electron chi connectivity index (χ0n) is 11.3. The summed E-state index contributed by atoms with van der Waals surface area (Å²) in [5.41, 5.74) is 1.39. The molecule has 1 fully saturated rings. The highest BCUT2D eigenvalue weighted by Crippen LogP contribution is 2.24. The fourth-order valence-electron chi connectivity index (χ4n) is 2.61. The summed E-state index contributed by atoms with van der Waals surface area (Å²) in [7, 11) is 1.67.